The topological polar surface area (TPSA) is 95.9 Å². The first kappa shape index (κ1) is 15.3. The quantitative estimate of drug-likeness (QED) is 0.710. The first-order valence-electron chi connectivity index (χ1n) is 6.92. The number of rotatable bonds is 6. The summed E-state index contributed by atoms with van der Waals surface area (Å²) >= 11 is 0. The predicted octanol–water partition coefficient (Wildman–Crippen LogP) is 0.504. The van der Waals surface area contributed by atoms with Crippen molar-refractivity contribution in [1.29, 1.82) is 0 Å². The first-order valence-corrected chi connectivity index (χ1v) is 6.92. The number of aliphatic carboxylic acids is 1. The van der Waals surface area contributed by atoms with E-state index in [2.05, 4.69) is 5.32 Å². The van der Waals surface area contributed by atoms with Gasteiger partial charge in [-0.25, -0.2) is 4.79 Å². The Balaban J connectivity index is 1.88. The lowest BCUT2D eigenvalue weighted by molar-refractivity contribution is -0.145. The van der Waals surface area contributed by atoms with Gasteiger partial charge in [-0.3, -0.25) is 4.79 Å². The molecule has 2 unspecified atom stereocenters. The highest BCUT2D eigenvalue weighted by atomic mass is 16.5. The van der Waals surface area contributed by atoms with Gasteiger partial charge in [0.15, 0.2) is 12.6 Å². The van der Waals surface area contributed by atoms with Crippen LogP contribution in [0.1, 0.15) is 24.5 Å². The molecular formula is C15H19NO5. The van der Waals surface area contributed by atoms with Crippen LogP contribution in [0.25, 0.3) is 0 Å². The SMILES string of the molecule is CC(O)C(NC(=O)COc1ccc2c(c1)CCC2)C(=O)O. The van der Waals surface area contributed by atoms with Crippen molar-refractivity contribution in [2.75, 3.05) is 6.61 Å². The molecule has 21 heavy (non-hydrogen) atoms. The van der Waals surface area contributed by atoms with E-state index in [0.29, 0.717) is 5.75 Å². The Bertz CT molecular complexity index is 541. The van der Waals surface area contributed by atoms with Gasteiger partial charge in [-0.15, -0.1) is 0 Å². The van der Waals surface area contributed by atoms with E-state index in [1.54, 1.807) is 6.07 Å². The van der Waals surface area contributed by atoms with Crippen molar-refractivity contribution in [3.05, 3.63) is 29.3 Å². The number of aliphatic hydroxyl groups excluding tert-OH is 1. The number of carbonyl (C=O) groups is 2. The molecule has 0 heterocycles. The molecule has 0 spiro atoms. The van der Waals surface area contributed by atoms with Crippen molar-refractivity contribution in [2.45, 2.75) is 38.3 Å². The Morgan fingerprint density at radius 3 is 2.71 bits per heavy atom. The average Bonchev–Trinajstić information content (AvgIpc) is 2.89. The van der Waals surface area contributed by atoms with Crippen LogP contribution >= 0.6 is 0 Å². The second-order valence-electron chi connectivity index (χ2n) is 5.20. The predicted molar refractivity (Wildman–Crippen MR) is 75.2 cm³/mol. The zero-order valence-corrected chi connectivity index (χ0v) is 11.8. The Labute approximate surface area is 122 Å². The number of aliphatic hydroxyl groups is 1. The maximum atomic E-state index is 11.7. The molecule has 0 radical (unpaired) electrons. The van der Waals surface area contributed by atoms with E-state index in [9.17, 15) is 14.7 Å². The van der Waals surface area contributed by atoms with Crippen molar-refractivity contribution in [3.8, 4) is 5.75 Å². The van der Waals surface area contributed by atoms with Gasteiger partial charge in [-0.2, -0.15) is 0 Å². The van der Waals surface area contributed by atoms with Crippen molar-refractivity contribution < 1.29 is 24.5 Å². The molecule has 0 aliphatic heterocycles. The van der Waals surface area contributed by atoms with Crippen molar-refractivity contribution in [2.24, 2.45) is 0 Å². The number of ether oxygens (including phenoxy) is 1. The third kappa shape index (κ3) is 3.95. The number of carbonyl (C=O) groups excluding carboxylic acids is 1. The van der Waals surface area contributed by atoms with E-state index < -0.39 is 24.0 Å². The lowest BCUT2D eigenvalue weighted by atomic mass is 10.1. The highest BCUT2D eigenvalue weighted by Gasteiger charge is 2.25. The highest BCUT2D eigenvalue weighted by Crippen LogP contribution is 2.25. The van der Waals surface area contributed by atoms with Gasteiger partial charge in [0.25, 0.3) is 5.91 Å². The zero-order chi connectivity index (χ0) is 15.4. The minimum absolute atomic E-state index is 0.282. The molecule has 3 N–H and O–H groups in total. The fourth-order valence-corrected chi connectivity index (χ4v) is 2.39. The molecule has 2 rings (SSSR count). The number of benzene rings is 1. The van der Waals surface area contributed by atoms with Crippen molar-refractivity contribution in [1.82, 2.24) is 5.32 Å². The second kappa shape index (κ2) is 6.58. The third-order valence-corrected chi connectivity index (χ3v) is 3.50. The number of fused-ring (bicyclic) bond motifs is 1. The van der Waals surface area contributed by atoms with Crippen LogP contribution in [-0.2, 0) is 22.4 Å². The van der Waals surface area contributed by atoms with Gasteiger partial charge < -0.3 is 20.3 Å². The molecule has 1 aromatic rings. The summed E-state index contributed by atoms with van der Waals surface area (Å²) in [5.41, 5.74) is 2.55. The molecule has 1 aliphatic carbocycles. The van der Waals surface area contributed by atoms with E-state index in [-0.39, 0.29) is 6.61 Å². The number of carboxylic acid groups (broad SMARTS) is 1. The van der Waals surface area contributed by atoms with Crippen LogP contribution in [0.2, 0.25) is 0 Å². The zero-order valence-electron chi connectivity index (χ0n) is 11.8. The summed E-state index contributed by atoms with van der Waals surface area (Å²) in [6, 6.07) is 4.38. The van der Waals surface area contributed by atoms with E-state index in [4.69, 9.17) is 9.84 Å². The third-order valence-electron chi connectivity index (χ3n) is 3.50. The van der Waals surface area contributed by atoms with Crippen molar-refractivity contribution in [3.63, 3.8) is 0 Å². The lowest BCUT2D eigenvalue weighted by Gasteiger charge is -2.17. The molecule has 0 fully saturated rings. The van der Waals surface area contributed by atoms with Crippen LogP contribution in [0.4, 0.5) is 0 Å². The van der Waals surface area contributed by atoms with Gasteiger partial charge in [0, 0.05) is 0 Å². The Kier molecular flexibility index (Phi) is 4.80. The molecule has 1 aromatic carbocycles. The molecule has 0 bridgehead atoms. The molecule has 0 aromatic heterocycles. The van der Waals surface area contributed by atoms with Crippen molar-refractivity contribution >= 4 is 11.9 Å². The van der Waals surface area contributed by atoms with E-state index in [0.717, 1.165) is 19.3 Å². The summed E-state index contributed by atoms with van der Waals surface area (Å²) in [5.74, 6) is -1.27. The lowest BCUT2D eigenvalue weighted by Crippen LogP contribution is -2.49. The molecular weight excluding hydrogens is 274 g/mol. The standard InChI is InChI=1S/C15H19NO5/c1-9(17)14(15(19)20)16-13(18)8-21-12-6-5-10-3-2-4-11(10)7-12/h5-7,9,14,17H,2-4,8H2,1H3,(H,16,18)(H,19,20). The van der Waals surface area contributed by atoms with Crippen LogP contribution < -0.4 is 10.1 Å². The number of aryl methyl sites for hydroxylation is 2. The Hall–Kier alpha value is -2.08. The van der Waals surface area contributed by atoms with E-state index in [1.807, 2.05) is 12.1 Å². The molecule has 1 amide bonds. The fourth-order valence-electron chi connectivity index (χ4n) is 2.39. The van der Waals surface area contributed by atoms with Crippen LogP contribution in [0.5, 0.6) is 5.75 Å². The van der Waals surface area contributed by atoms with E-state index in [1.165, 1.54) is 18.1 Å². The fraction of sp³-hybridized carbons (Fsp3) is 0.467. The number of amides is 1. The monoisotopic (exact) mass is 293 g/mol. The van der Waals surface area contributed by atoms with Gasteiger partial charge in [-0.05, 0) is 49.4 Å². The maximum absolute atomic E-state index is 11.7. The molecule has 1 aliphatic rings. The van der Waals surface area contributed by atoms with Gasteiger partial charge in [-0.1, -0.05) is 6.07 Å². The maximum Gasteiger partial charge on any atom is 0.328 e. The molecule has 6 nitrogen and oxygen atoms in total. The second-order valence-corrected chi connectivity index (χ2v) is 5.20. The molecule has 6 heteroatoms. The van der Waals surface area contributed by atoms with E-state index >= 15 is 0 Å². The summed E-state index contributed by atoms with van der Waals surface area (Å²) in [6.45, 7) is 1.02. The molecule has 114 valence electrons. The van der Waals surface area contributed by atoms with Gasteiger partial charge in [0.2, 0.25) is 0 Å². The summed E-state index contributed by atoms with van der Waals surface area (Å²) in [4.78, 5) is 22.5. The normalized spacial score (nSPS) is 15.9. The number of carboxylic acids is 1. The van der Waals surface area contributed by atoms with Crippen LogP contribution in [-0.4, -0.2) is 40.8 Å². The van der Waals surface area contributed by atoms with Crippen LogP contribution in [0.3, 0.4) is 0 Å². The smallest absolute Gasteiger partial charge is 0.328 e. The average molecular weight is 293 g/mol. The van der Waals surface area contributed by atoms with Crippen LogP contribution in [0, 0.1) is 0 Å². The minimum Gasteiger partial charge on any atom is -0.484 e. The van der Waals surface area contributed by atoms with Gasteiger partial charge >= 0.3 is 5.97 Å². The largest absolute Gasteiger partial charge is 0.484 e. The Morgan fingerprint density at radius 2 is 2.05 bits per heavy atom. The van der Waals surface area contributed by atoms with Crippen LogP contribution in [0.15, 0.2) is 18.2 Å². The Morgan fingerprint density at radius 1 is 1.33 bits per heavy atom. The number of hydrogen-bond acceptors (Lipinski definition) is 4. The number of hydrogen-bond donors (Lipinski definition) is 3. The summed E-state index contributed by atoms with van der Waals surface area (Å²) in [5, 5.41) is 20.4. The first-order chi connectivity index (χ1) is 9.97. The van der Waals surface area contributed by atoms with Gasteiger partial charge in [0.1, 0.15) is 5.75 Å². The number of nitrogens with one attached hydrogen (secondary N) is 1. The summed E-state index contributed by atoms with van der Waals surface area (Å²) in [7, 11) is 0. The highest BCUT2D eigenvalue weighted by molar-refractivity contribution is 5.84. The minimum atomic E-state index is -1.33. The van der Waals surface area contributed by atoms with Gasteiger partial charge in [0.05, 0.1) is 6.10 Å². The molecule has 0 saturated carbocycles. The molecule has 2 atom stereocenters. The molecule has 0 saturated heterocycles. The summed E-state index contributed by atoms with van der Waals surface area (Å²) < 4.78 is 5.37. The summed E-state index contributed by atoms with van der Waals surface area (Å²) in [6.07, 6.45) is 2.05.